The van der Waals surface area contributed by atoms with Crippen molar-refractivity contribution >= 4 is 0 Å². The average molecular weight is 132 g/mol. The van der Waals surface area contributed by atoms with Gasteiger partial charge >= 0.3 is 0 Å². The summed E-state index contributed by atoms with van der Waals surface area (Å²) in [5, 5.41) is 17.4. The molecule has 0 amide bonds. The van der Waals surface area contributed by atoms with Crippen molar-refractivity contribution in [3.05, 3.63) is 0 Å². The normalized spacial score (nSPS) is 55.3. The third-order valence-corrected chi connectivity index (χ3v) is 1.70. The molecule has 2 aliphatic heterocycles. The Balaban J connectivity index is 2.00. The summed E-state index contributed by atoms with van der Waals surface area (Å²) in [4.78, 5) is 0. The van der Waals surface area contributed by atoms with E-state index in [2.05, 4.69) is 0 Å². The zero-order valence-electron chi connectivity index (χ0n) is 4.73. The van der Waals surface area contributed by atoms with E-state index in [1.54, 1.807) is 0 Å². The van der Waals surface area contributed by atoms with Gasteiger partial charge in [0.15, 0.2) is 6.29 Å². The van der Waals surface area contributed by atoms with Crippen LogP contribution in [0.1, 0.15) is 0 Å². The van der Waals surface area contributed by atoms with Gasteiger partial charge in [-0.05, 0) is 0 Å². The SMILES string of the molecule is OC[C@H]1OC(O)[C@@H]2O[C@H]12. The fourth-order valence-corrected chi connectivity index (χ4v) is 1.15. The van der Waals surface area contributed by atoms with Crippen LogP contribution < -0.4 is 0 Å². The second kappa shape index (κ2) is 1.67. The van der Waals surface area contributed by atoms with E-state index in [9.17, 15) is 0 Å². The van der Waals surface area contributed by atoms with Crippen LogP contribution >= 0.6 is 0 Å². The van der Waals surface area contributed by atoms with Crippen molar-refractivity contribution in [1.29, 1.82) is 0 Å². The van der Waals surface area contributed by atoms with E-state index in [4.69, 9.17) is 19.7 Å². The van der Waals surface area contributed by atoms with Crippen molar-refractivity contribution < 1.29 is 19.7 Å². The lowest BCUT2D eigenvalue weighted by Gasteiger charge is -2.09. The van der Waals surface area contributed by atoms with Crippen LogP contribution in [0, 0.1) is 0 Å². The van der Waals surface area contributed by atoms with Gasteiger partial charge < -0.3 is 19.7 Å². The zero-order valence-corrected chi connectivity index (χ0v) is 4.73. The van der Waals surface area contributed by atoms with Gasteiger partial charge in [-0.25, -0.2) is 0 Å². The molecule has 0 aromatic rings. The minimum atomic E-state index is -0.813. The molecule has 2 N–H and O–H groups in total. The fraction of sp³-hybridized carbons (Fsp3) is 1.00. The minimum Gasteiger partial charge on any atom is -0.394 e. The Morgan fingerprint density at radius 1 is 1.22 bits per heavy atom. The Hall–Kier alpha value is -0.160. The molecule has 2 heterocycles. The van der Waals surface area contributed by atoms with Crippen molar-refractivity contribution in [2.75, 3.05) is 6.61 Å². The van der Waals surface area contributed by atoms with Crippen LogP contribution in [0.2, 0.25) is 0 Å². The van der Waals surface area contributed by atoms with Crippen molar-refractivity contribution in [2.24, 2.45) is 0 Å². The Bertz CT molecular complexity index is 126. The van der Waals surface area contributed by atoms with E-state index in [1.165, 1.54) is 0 Å². The van der Waals surface area contributed by atoms with Crippen LogP contribution in [0.15, 0.2) is 0 Å². The van der Waals surface area contributed by atoms with Gasteiger partial charge in [0.25, 0.3) is 0 Å². The third-order valence-electron chi connectivity index (χ3n) is 1.70. The fourth-order valence-electron chi connectivity index (χ4n) is 1.15. The summed E-state index contributed by atoms with van der Waals surface area (Å²) in [6.45, 7) is -0.0712. The first-order valence-electron chi connectivity index (χ1n) is 2.93. The molecule has 2 fully saturated rings. The second-order valence-corrected chi connectivity index (χ2v) is 2.31. The van der Waals surface area contributed by atoms with Crippen LogP contribution in [0.5, 0.6) is 0 Å². The highest BCUT2D eigenvalue weighted by Crippen LogP contribution is 2.37. The van der Waals surface area contributed by atoms with Gasteiger partial charge in [0.05, 0.1) is 6.61 Å². The van der Waals surface area contributed by atoms with Crippen LogP contribution in [0.25, 0.3) is 0 Å². The highest BCUT2D eigenvalue weighted by molar-refractivity contribution is 4.99. The number of epoxide rings is 1. The van der Waals surface area contributed by atoms with Gasteiger partial charge in [0.1, 0.15) is 18.3 Å². The first-order valence-corrected chi connectivity index (χ1v) is 2.93. The molecule has 0 aromatic heterocycles. The summed E-state index contributed by atoms with van der Waals surface area (Å²) < 4.78 is 9.79. The van der Waals surface area contributed by atoms with Crippen molar-refractivity contribution in [2.45, 2.75) is 24.6 Å². The summed E-state index contributed by atoms with van der Waals surface area (Å²) in [5.41, 5.74) is 0. The van der Waals surface area contributed by atoms with Crippen LogP contribution in [0.4, 0.5) is 0 Å². The number of hydrogen-bond donors (Lipinski definition) is 2. The molecule has 0 bridgehead atoms. The number of rotatable bonds is 1. The number of aliphatic hydroxyl groups is 2. The highest BCUT2D eigenvalue weighted by atomic mass is 16.7. The van der Waals surface area contributed by atoms with Crippen molar-refractivity contribution in [1.82, 2.24) is 0 Å². The molecular formula is C5H8O4. The third kappa shape index (κ3) is 0.679. The molecule has 4 atom stereocenters. The van der Waals surface area contributed by atoms with Gasteiger partial charge in [0, 0.05) is 0 Å². The van der Waals surface area contributed by atoms with Crippen molar-refractivity contribution in [3.63, 3.8) is 0 Å². The Kier molecular flexibility index (Phi) is 1.04. The number of aliphatic hydroxyl groups excluding tert-OH is 2. The Labute approximate surface area is 52.0 Å². The topological polar surface area (TPSA) is 62.2 Å². The molecule has 2 saturated heterocycles. The molecule has 0 radical (unpaired) electrons. The zero-order chi connectivity index (χ0) is 6.43. The lowest BCUT2D eigenvalue weighted by molar-refractivity contribution is -0.149. The summed E-state index contributed by atoms with van der Waals surface area (Å²) >= 11 is 0. The Morgan fingerprint density at radius 2 is 2.00 bits per heavy atom. The molecule has 2 rings (SSSR count). The lowest BCUT2D eigenvalue weighted by Crippen LogP contribution is -2.22. The summed E-state index contributed by atoms with van der Waals surface area (Å²) in [6.07, 6.45) is -1.33. The molecule has 0 aliphatic carbocycles. The van der Waals surface area contributed by atoms with Crippen molar-refractivity contribution in [3.8, 4) is 0 Å². The maximum Gasteiger partial charge on any atom is 0.184 e. The standard InChI is InChI=1S/C5H8O4/c6-1-2-3-4(9-3)5(7)8-2/h2-7H,1H2/t2-,3-,4-,5?/m1/s1. The van der Waals surface area contributed by atoms with E-state index in [-0.39, 0.29) is 24.9 Å². The molecule has 0 saturated carbocycles. The second-order valence-electron chi connectivity index (χ2n) is 2.31. The number of ether oxygens (including phenoxy) is 2. The largest absolute Gasteiger partial charge is 0.394 e. The number of hydrogen-bond acceptors (Lipinski definition) is 4. The molecule has 1 unspecified atom stereocenters. The van der Waals surface area contributed by atoms with E-state index < -0.39 is 6.29 Å². The van der Waals surface area contributed by atoms with Gasteiger partial charge in [-0.3, -0.25) is 0 Å². The summed E-state index contributed by atoms with van der Waals surface area (Å²) in [5.74, 6) is 0. The molecule has 0 spiro atoms. The maximum atomic E-state index is 8.88. The van der Waals surface area contributed by atoms with Gasteiger partial charge in [-0.2, -0.15) is 0 Å². The van der Waals surface area contributed by atoms with Gasteiger partial charge in [-0.1, -0.05) is 0 Å². The predicted molar refractivity (Wildman–Crippen MR) is 26.6 cm³/mol. The summed E-state index contributed by atoms with van der Waals surface area (Å²) in [6, 6.07) is 0. The minimum absolute atomic E-state index is 0.0509. The predicted octanol–water partition coefficient (Wildman–Crippen LogP) is -1.54. The molecule has 0 aromatic carbocycles. The van der Waals surface area contributed by atoms with Gasteiger partial charge in [-0.15, -0.1) is 0 Å². The summed E-state index contributed by atoms with van der Waals surface area (Å²) in [7, 11) is 0. The Morgan fingerprint density at radius 3 is 2.22 bits per heavy atom. The van der Waals surface area contributed by atoms with Crippen LogP contribution in [-0.2, 0) is 9.47 Å². The molecule has 4 nitrogen and oxygen atoms in total. The maximum absolute atomic E-state index is 8.88. The smallest absolute Gasteiger partial charge is 0.184 e. The first kappa shape index (κ1) is 5.61. The van der Waals surface area contributed by atoms with E-state index in [1.807, 2.05) is 0 Å². The first-order chi connectivity index (χ1) is 4.33. The van der Waals surface area contributed by atoms with E-state index in [0.29, 0.717) is 0 Å². The molecule has 9 heavy (non-hydrogen) atoms. The lowest BCUT2D eigenvalue weighted by atomic mass is 10.2. The monoisotopic (exact) mass is 132 g/mol. The van der Waals surface area contributed by atoms with Crippen LogP contribution in [-0.4, -0.2) is 41.4 Å². The number of fused-ring (bicyclic) bond motifs is 1. The van der Waals surface area contributed by atoms with E-state index >= 15 is 0 Å². The van der Waals surface area contributed by atoms with E-state index in [0.717, 1.165) is 0 Å². The molecule has 4 heteroatoms. The molecule has 52 valence electrons. The quantitative estimate of drug-likeness (QED) is 0.424. The van der Waals surface area contributed by atoms with Crippen LogP contribution in [0.3, 0.4) is 0 Å². The molecule has 2 aliphatic rings. The van der Waals surface area contributed by atoms with Gasteiger partial charge in [0.2, 0.25) is 0 Å². The highest BCUT2D eigenvalue weighted by Gasteiger charge is 2.57. The average Bonchev–Trinajstić information content (AvgIpc) is 2.56. The molecular weight excluding hydrogens is 124 g/mol.